The number of benzene rings is 1. The molecule has 0 aliphatic rings. The fourth-order valence-electron chi connectivity index (χ4n) is 1.11. The van der Waals surface area contributed by atoms with Crippen molar-refractivity contribution in [1.82, 2.24) is 0 Å². The third-order valence-electron chi connectivity index (χ3n) is 1.71. The van der Waals surface area contributed by atoms with Gasteiger partial charge in [-0.1, -0.05) is 0 Å². The highest BCUT2D eigenvalue weighted by Crippen LogP contribution is 2.41. The molecule has 6 nitrogen and oxygen atoms in total. The van der Waals surface area contributed by atoms with Gasteiger partial charge in [0, 0.05) is 10.7 Å². The van der Waals surface area contributed by atoms with Gasteiger partial charge in [0.25, 0.3) is 9.05 Å². The van der Waals surface area contributed by atoms with E-state index in [2.05, 4.69) is 4.74 Å². The summed E-state index contributed by atoms with van der Waals surface area (Å²) in [6, 6.07) is 1.63. The Bertz CT molecular complexity index is 632. The number of halogens is 5. The van der Waals surface area contributed by atoms with Gasteiger partial charge in [-0.15, -0.1) is 13.2 Å². The second-order valence-corrected chi connectivity index (χ2v) is 6.66. The standard InChI is InChI=1S/C7H2ClF3INO5S/c8-19(16,17)4-2-1-3(12)5(13(14)15)6(4)18-7(9,10)11/h1-2H. The second-order valence-electron chi connectivity index (χ2n) is 2.97. The van der Waals surface area contributed by atoms with Crippen LogP contribution in [-0.2, 0) is 9.05 Å². The average Bonchev–Trinajstić information content (AvgIpc) is 2.11. The van der Waals surface area contributed by atoms with E-state index in [1.807, 2.05) is 0 Å². The Labute approximate surface area is 122 Å². The second kappa shape index (κ2) is 5.28. The first-order chi connectivity index (χ1) is 8.43. The third-order valence-corrected chi connectivity index (χ3v) is 3.93. The first-order valence-electron chi connectivity index (χ1n) is 4.11. The van der Waals surface area contributed by atoms with Gasteiger partial charge >= 0.3 is 12.0 Å². The van der Waals surface area contributed by atoms with Crippen LogP contribution in [0.15, 0.2) is 17.0 Å². The van der Waals surface area contributed by atoms with E-state index < -0.39 is 36.7 Å². The lowest BCUT2D eigenvalue weighted by Gasteiger charge is -2.12. The number of nitrogens with zero attached hydrogens (tertiary/aromatic N) is 1. The molecule has 0 radical (unpaired) electrons. The number of rotatable bonds is 3. The van der Waals surface area contributed by atoms with Gasteiger partial charge in [-0.05, 0) is 34.7 Å². The van der Waals surface area contributed by atoms with Crippen LogP contribution in [0.1, 0.15) is 0 Å². The summed E-state index contributed by atoms with van der Waals surface area (Å²) in [6.45, 7) is 0. The highest BCUT2D eigenvalue weighted by molar-refractivity contribution is 14.1. The number of hydrogen-bond acceptors (Lipinski definition) is 5. The van der Waals surface area contributed by atoms with E-state index in [0.29, 0.717) is 6.07 Å². The zero-order valence-corrected chi connectivity index (χ0v) is 12.2. The lowest BCUT2D eigenvalue weighted by molar-refractivity contribution is -0.390. The molecule has 0 spiro atoms. The van der Waals surface area contributed by atoms with Crippen molar-refractivity contribution in [3.05, 3.63) is 25.8 Å². The van der Waals surface area contributed by atoms with Gasteiger partial charge in [0.2, 0.25) is 5.75 Å². The minimum absolute atomic E-state index is 0.231. The van der Waals surface area contributed by atoms with E-state index >= 15 is 0 Å². The maximum absolute atomic E-state index is 12.2. The van der Waals surface area contributed by atoms with Crippen LogP contribution in [0.4, 0.5) is 18.9 Å². The molecule has 0 aliphatic heterocycles. The van der Waals surface area contributed by atoms with Crippen LogP contribution in [0.25, 0.3) is 0 Å². The Hall–Kier alpha value is -0.820. The zero-order valence-electron chi connectivity index (χ0n) is 8.44. The van der Waals surface area contributed by atoms with E-state index in [0.717, 1.165) is 6.07 Å². The van der Waals surface area contributed by atoms with Gasteiger partial charge in [0.05, 0.1) is 8.49 Å². The van der Waals surface area contributed by atoms with Gasteiger partial charge in [-0.3, -0.25) is 10.1 Å². The van der Waals surface area contributed by atoms with Crippen LogP contribution < -0.4 is 4.74 Å². The van der Waals surface area contributed by atoms with Crippen LogP contribution in [-0.4, -0.2) is 19.7 Å². The number of ether oxygens (including phenoxy) is 1. The molecule has 1 rings (SSSR count). The van der Waals surface area contributed by atoms with Crippen LogP contribution in [0.2, 0.25) is 0 Å². The molecule has 0 heterocycles. The van der Waals surface area contributed by atoms with Crippen LogP contribution in [0, 0.1) is 13.7 Å². The van der Waals surface area contributed by atoms with Gasteiger partial charge in [0.1, 0.15) is 4.90 Å². The first kappa shape index (κ1) is 16.2. The van der Waals surface area contributed by atoms with Crippen LogP contribution >= 0.6 is 33.3 Å². The summed E-state index contributed by atoms with van der Waals surface area (Å²) < 4.78 is 62.0. The lowest BCUT2D eigenvalue weighted by atomic mass is 10.3. The monoisotopic (exact) mass is 431 g/mol. The SMILES string of the molecule is O=[N+]([O-])c1c(I)ccc(S(=O)(=O)Cl)c1OC(F)(F)F. The first-order valence-corrected chi connectivity index (χ1v) is 7.49. The Kier molecular flexibility index (Phi) is 4.51. The molecule has 19 heavy (non-hydrogen) atoms. The largest absolute Gasteiger partial charge is 0.573 e. The highest BCUT2D eigenvalue weighted by atomic mass is 127. The molecule has 0 saturated carbocycles. The van der Waals surface area contributed by atoms with E-state index in [1.54, 1.807) is 0 Å². The molecular formula is C7H2ClF3INO5S. The minimum atomic E-state index is -5.30. The number of nitro groups is 1. The lowest BCUT2D eigenvalue weighted by Crippen LogP contribution is -2.19. The van der Waals surface area contributed by atoms with E-state index in [9.17, 15) is 31.7 Å². The van der Waals surface area contributed by atoms with Crippen molar-refractivity contribution in [2.75, 3.05) is 0 Å². The molecule has 0 aromatic heterocycles. The molecule has 0 saturated heterocycles. The fraction of sp³-hybridized carbons (Fsp3) is 0.143. The van der Waals surface area contributed by atoms with Crippen molar-refractivity contribution in [3.8, 4) is 5.75 Å². The smallest absolute Gasteiger partial charge is 0.397 e. The minimum Gasteiger partial charge on any atom is -0.397 e. The van der Waals surface area contributed by atoms with Crippen molar-refractivity contribution in [3.63, 3.8) is 0 Å². The van der Waals surface area contributed by atoms with Gasteiger partial charge in [-0.25, -0.2) is 8.42 Å². The summed E-state index contributed by atoms with van der Waals surface area (Å²) >= 11 is 1.37. The zero-order chi connectivity index (χ0) is 15.0. The highest BCUT2D eigenvalue weighted by Gasteiger charge is 2.39. The Balaban J connectivity index is 3.69. The molecule has 0 unspecified atom stereocenters. The summed E-state index contributed by atoms with van der Waals surface area (Å²) in [5.74, 6) is -1.46. The molecule has 1 aromatic rings. The summed E-state index contributed by atoms with van der Waals surface area (Å²) in [5, 5.41) is 10.7. The summed E-state index contributed by atoms with van der Waals surface area (Å²) in [4.78, 5) is 8.41. The Morgan fingerprint density at radius 2 is 1.89 bits per heavy atom. The maximum Gasteiger partial charge on any atom is 0.573 e. The topological polar surface area (TPSA) is 86.5 Å². The van der Waals surface area contributed by atoms with Gasteiger partial charge in [-0.2, -0.15) is 0 Å². The van der Waals surface area contributed by atoms with E-state index in [4.69, 9.17) is 10.7 Å². The molecule has 0 amide bonds. The predicted molar refractivity (Wildman–Crippen MR) is 65.5 cm³/mol. The molecular weight excluding hydrogens is 429 g/mol. The maximum atomic E-state index is 12.2. The number of alkyl halides is 3. The summed E-state index contributed by atoms with van der Waals surface area (Å²) in [6.07, 6.45) is -5.30. The van der Waals surface area contributed by atoms with E-state index in [1.165, 1.54) is 22.6 Å². The van der Waals surface area contributed by atoms with Crippen molar-refractivity contribution >= 4 is 48.0 Å². The van der Waals surface area contributed by atoms with Crippen molar-refractivity contribution in [2.45, 2.75) is 11.3 Å². The van der Waals surface area contributed by atoms with Crippen molar-refractivity contribution in [2.24, 2.45) is 0 Å². The number of nitro benzene ring substituents is 1. The normalized spacial score (nSPS) is 12.3. The van der Waals surface area contributed by atoms with Gasteiger partial charge < -0.3 is 4.74 Å². The Morgan fingerprint density at radius 1 is 1.37 bits per heavy atom. The number of hydrogen-bond donors (Lipinski definition) is 0. The molecule has 0 aliphatic carbocycles. The predicted octanol–water partition coefficient (Wildman–Crippen LogP) is 3.03. The third kappa shape index (κ3) is 4.07. The quantitative estimate of drug-likeness (QED) is 0.318. The summed E-state index contributed by atoms with van der Waals surface area (Å²) in [5.41, 5.74) is -1.13. The Morgan fingerprint density at radius 3 is 2.26 bits per heavy atom. The van der Waals surface area contributed by atoms with Crippen molar-refractivity contribution < 1.29 is 31.2 Å². The van der Waals surface area contributed by atoms with Crippen molar-refractivity contribution in [1.29, 1.82) is 0 Å². The average molecular weight is 432 g/mol. The summed E-state index contributed by atoms with van der Waals surface area (Å²) in [7, 11) is 0.282. The van der Waals surface area contributed by atoms with E-state index in [-0.39, 0.29) is 3.57 Å². The van der Waals surface area contributed by atoms with Crippen LogP contribution in [0.5, 0.6) is 5.75 Å². The molecule has 1 aromatic carbocycles. The van der Waals surface area contributed by atoms with Gasteiger partial charge in [0.15, 0.2) is 0 Å². The van der Waals surface area contributed by atoms with Crippen LogP contribution in [0.3, 0.4) is 0 Å². The molecule has 0 bridgehead atoms. The molecule has 0 N–H and O–H groups in total. The molecule has 12 heteroatoms. The molecule has 0 atom stereocenters. The molecule has 106 valence electrons. The molecule has 0 fully saturated rings. The fourth-order valence-corrected chi connectivity index (χ4v) is 2.68.